The molecule has 0 aromatic rings. The third-order valence-electron chi connectivity index (χ3n) is 2.85. The normalized spacial score (nSPS) is 32.2. The zero-order valence-corrected chi connectivity index (χ0v) is 10.2. The molecular formula is C11H20N2OS. The summed E-state index contributed by atoms with van der Waals surface area (Å²) in [7, 11) is 0. The predicted molar refractivity (Wildman–Crippen MR) is 65.5 cm³/mol. The van der Waals surface area contributed by atoms with Crippen molar-refractivity contribution in [2.45, 2.75) is 19.8 Å². The molecule has 0 amide bonds. The molecule has 3 nitrogen and oxygen atoms in total. The van der Waals surface area contributed by atoms with Gasteiger partial charge in [0.15, 0.2) is 5.17 Å². The van der Waals surface area contributed by atoms with Crippen LogP contribution in [-0.4, -0.2) is 37.2 Å². The molecule has 2 rings (SSSR count). The van der Waals surface area contributed by atoms with E-state index in [0.717, 1.165) is 37.4 Å². The third kappa shape index (κ3) is 3.68. The average Bonchev–Trinajstić information content (AvgIpc) is 2.30. The molecule has 0 bridgehead atoms. The summed E-state index contributed by atoms with van der Waals surface area (Å²) in [6.07, 6.45) is 2.50. The lowest BCUT2D eigenvalue weighted by molar-refractivity contribution is 0.0565. The molecule has 2 atom stereocenters. The van der Waals surface area contributed by atoms with Crippen LogP contribution in [0.1, 0.15) is 19.8 Å². The molecule has 0 spiro atoms. The van der Waals surface area contributed by atoms with Crippen molar-refractivity contribution < 1.29 is 4.74 Å². The number of hydrogen-bond donors (Lipinski definition) is 1. The summed E-state index contributed by atoms with van der Waals surface area (Å²) in [4.78, 5) is 4.52. The molecule has 4 heteroatoms. The molecule has 1 fully saturated rings. The Bertz CT molecular complexity index is 227. The van der Waals surface area contributed by atoms with E-state index in [9.17, 15) is 0 Å². The smallest absolute Gasteiger partial charge is 0.156 e. The zero-order valence-electron chi connectivity index (χ0n) is 9.37. The summed E-state index contributed by atoms with van der Waals surface area (Å²) < 4.78 is 5.45. The Morgan fingerprint density at radius 1 is 1.60 bits per heavy atom. The van der Waals surface area contributed by atoms with E-state index >= 15 is 0 Å². The lowest BCUT2D eigenvalue weighted by atomic mass is 10.0. The van der Waals surface area contributed by atoms with Crippen LogP contribution in [0.4, 0.5) is 0 Å². The van der Waals surface area contributed by atoms with Crippen LogP contribution < -0.4 is 5.32 Å². The number of ether oxygens (including phenoxy) is 1. The van der Waals surface area contributed by atoms with Crippen molar-refractivity contribution >= 4 is 16.9 Å². The van der Waals surface area contributed by atoms with Gasteiger partial charge >= 0.3 is 0 Å². The Labute approximate surface area is 96.1 Å². The molecule has 2 aliphatic heterocycles. The van der Waals surface area contributed by atoms with E-state index in [1.165, 1.54) is 18.6 Å². The fraction of sp³-hybridized carbons (Fsp3) is 0.909. The molecule has 0 aromatic heterocycles. The van der Waals surface area contributed by atoms with Gasteiger partial charge in [-0.15, -0.1) is 0 Å². The molecule has 15 heavy (non-hydrogen) atoms. The molecule has 0 aromatic carbocycles. The van der Waals surface area contributed by atoms with Gasteiger partial charge in [-0.1, -0.05) is 18.7 Å². The van der Waals surface area contributed by atoms with E-state index in [1.807, 2.05) is 11.8 Å². The van der Waals surface area contributed by atoms with E-state index in [-0.39, 0.29) is 0 Å². The molecular weight excluding hydrogens is 208 g/mol. The van der Waals surface area contributed by atoms with Crippen LogP contribution in [0.3, 0.4) is 0 Å². The first-order valence-electron chi connectivity index (χ1n) is 5.83. The maximum atomic E-state index is 5.45. The van der Waals surface area contributed by atoms with Crippen LogP contribution in [0.5, 0.6) is 0 Å². The van der Waals surface area contributed by atoms with Gasteiger partial charge in [0.2, 0.25) is 0 Å². The number of amidine groups is 1. The van der Waals surface area contributed by atoms with Crippen molar-refractivity contribution in [3.8, 4) is 0 Å². The topological polar surface area (TPSA) is 33.6 Å². The molecule has 1 saturated heterocycles. The average molecular weight is 228 g/mol. The number of nitrogens with one attached hydrogen (secondary N) is 1. The second kappa shape index (κ2) is 5.75. The van der Waals surface area contributed by atoms with E-state index in [4.69, 9.17) is 4.74 Å². The van der Waals surface area contributed by atoms with Crippen molar-refractivity contribution in [2.75, 3.05) is 32.1 Å². The van der Waals surface area contributed by atoms with Crippen molar-refractivity contribution in [2.24, 2.45) is 16.8 Å². The third-order valence-corrected chi connectivity index (χ3v) is 4.13. The van der Waals surface area contributed by atoms with Crippen molar-refractivity contribution in [3.05, 3.63) is 0 Å². The van der Waals surface area contributed by atoms with Crippen LogP contribution in [0.25, 0.3) is 0 Å². The summed E-state index contributed by atoms with van der Waals surface area (Å²) in [6.45, 7) is 6.13. The first-order chi connectivity index (χ1) is 7.34. The van der Waals surface area contributed by atoms with Crippen LogP contribution in [0.15, 0.2) is 4.99 Å². The maximum Gasteiger partial charge on any atom is 0.156 e. The first-order valence-corrected chi connectivity index (χ1v) is 6.82. The standard InChI is InChI=1S/C11H20N2OS/c1-9-5-12-11(15-8-9)13-6-10-3-2-4-14-7-10/h9-10H,2-8H2,1H3,(H,12,13). The minimum absolute atomic E-state index is 0.682. The molecule has 0 radical (unpaired) electrons. The summed E-state index contributed by atoms with van der Waals surface area (Å²) in [5.74, 6) is 2.62. The number of thioether (sulfide) groups is 1. The van der Waals surface area contributed by atoms with E-state index < -0.39 is 0 Å². The first kappa shape index (κ1) is 11.3. The second-order valence-corrected chi connectivity index (χ2v) is 5.53. The van der Waals surface area contributed by atoms with Gasteiger partial charge in [-0.2, -0.15) is 0 Å². The van der Waals surface area contributed by atoms with Gasteiger partial charge in [-0.3, -0.25) is 4.99 Å². The van der Waals surface area contributed by atoms with Gasteiger partial charge < -0.3 is 10.1 Å². The summed E-state index contributed by atoms with van der Waals surface area (Å²) in [5.41, 5.74) is 0. The Kier molecular flexibility index (Phi) is 4.32. The minimum atomic E-state index is 0.682. The molecule has 1 N–H and O–H groups in total. The largest absolute Gasteiger partial charge is 0.381 e. The highest BCUT2D eigenvalue weighted by Crippen LogP contribution is 2.17. The highest BCUT2D eigenvalue weighted by Gasteiger charge is 2.16. The molecule has 2 aliphatic rings. The van der Waals surface area contributed by atoms with Gasteiger partial charge in [-0.25, -0.2) is 0 Å². The molecule has 86 valence electrons. The van der Waals surface area contributed by atoms with Crippen molar-refractivity contribution in [1.29, 1.82) is 0 Å². The van der Waals surface area contributed by atoms with Crippen LogP contribution in [0.2, 0.25) is 0 Å². The van der Waals surface area contributed by atoms with Crippen molar-refractivity contribution in [3.63, 3.8) is 0 Å². The summed E-state index contributed by atoms with van der Waals surface area (Å²) in [6, 6.07) is 0. The van der Waals surface area contributed by atoms with Gasteiger partial charge in [0, 0.05) is 25.4 Å². The predicted octanol–water partition coefficient (Wildman–Crippen LogP) is 1.74. The highest BCUT2D eigenvalue weighted by atomic mass is 32.2. The minimum Gasteiger partial charge on any atom is -0.381 e. The summed E-state index contributed by atoms with van der Waals surface area (Å²) in [5, 5.41) is 4.58. The molecule has 2 heterocycles. The SMILES string of the molecule is CC1CN=C(NCC2CCCOC2)SC1. The van der Waals surface area contributed by atoms with Gasteiger partial charge in [0.1, 0.15) is 0 Å². The van der Waals surface area contributed by atoms with Crippen LogP contribution >= 0.6 is 11.8 Å². The van der Waals surface area contributed by atoms with Crippen LogP contribution in [0, 0.1) is 11.8 Å². The van der Waals surface area contributed by atoms with Crippen molar-refractivity contribution in [1.82, 2.24) is 5.32 Å². The second-order valence-electron chi connectivity index (χ2n) is 4.53. The quantitative estimate of drug-likeness (QED) is 0.781. The fourth-order valence-corrected chi connectivity index (χ4v) is 2.76. The maximum absolute atomic E-state index is 5.45. The van der Waals surface area contributed by atoms with Crippen LogP contribution in [-0.2, 0) is 4.74 Å². The Balaban J connectivity index is 1.68. The van der Waals surface area contributed by atoms with Gasteiger partial charge in [0.25, 0.3) is 0 Å². The fourth-order valence-electron chi connectivity index (χ4n) is 1.87. The number of rotatable bonds is 2. The van der Waals surface area contributed by atoms with E-state index in [0.29, 0.717) is 5.92 Å². The molecule has 0 saturated carbocycles. The summed E-state index contributed by atoms with van der Waals surface area (Å²) >= 11 is 1.86. The van der Waals surface area contributed by atoms with E-state index in [2.05, 4.69) is 17.2 Å². The molecule has 0 aliphatic carbocycles. The van der Waals surface area contributed by atoms with Gasteiger partial charge in [0.05, 0.1) is 6.61 Å². The highest BCUT2D eigenvalue weighted by molar-refractivity contribution is 8.13. The van der Waals surface area contributed by atoms with E-state index in [1.54, 1.807) is 0 Å². The Morgan fingerprint density at radius 3 is 3.20 bits per heavy atom. The van der Waals surface area contributed by atoms with Gasteiger partial charge in [-0.05, 0) is 24.7 Å². The molecule has 2 unspecified atom stereocenters. The monoisotopic (exact) mass is 228 g/mol. The number of nitrogens with zero attached hydrogens (tertiary/aromatic N) is 1. The lowest BCUT2D eigenvalue weighted by Crippen LogP contribution is -2.33. The lowest BCUT2D eigenvalue weighted by Gasteiger charge is -2.24. The Hall–Kier alpha value is -0.220. The zero-order chi connectivity index (χ0) is 10.5. The Morgan fingerprint density at radius 2 is 2.53 bits per heavy atom. The number of hydrogen-bond acceptors (Lipinski definition) is 4. The number of aliphatic imine (C=N–C) groups is 1.